The van der Waals surface area contributed by atoms with Crippen LogP contribution in [0.2, 0.25) is 0 Å². The molecule has 142 valence electrons. The summed E-state index contributed by atoms with van der Waals surface area (Å²) in [5.74, 6) is -0.377. The number of phenols is 1. The molecule has 0 radical (unpaired) electrons. The second-order valence-electron chi connectivity index (χ2n) is 6.22. The zero-order valence-corrected chi connectivity index (χ0v) is 15.9. The molecule has 2 aromatic carbocycles. The van der Waals surface area contributed by atoms with Crippen LogP contribution < -0.4 is 9.47 Å². The van der Waals surface area contributed by atoms with Crippen molar-refractivity contribution >= 4 is 11.9 Å². The third-order valence-corrected chi connectivity index (χ3v) is 4.01. The van der Waals surface area contributed by atoms with Crippen LogP contribution in [-0.2, 0) is 6.42 Å². The van der Waals surface area contributed by atoms with Crippen LogP contribution in [-0.4, -0.2) is 25.1 Å². The number of allylic oxidation sites excluding steroid dienone is 3. The van der Waals surface area contributed by atoms with Gasteiger partial charge in [-0.3, -0.25) is 4.79 Å². The lowest BCUT2D eigenvalue weighted by molar-refractivity contribution is 0.104. The first-order chi connectivity index (χ1) is 12.9. The highest BCUT2D eigenvalue weighted by atomic mass is 19.1. The number of hydrogen-bond donors (Lipinski definition) is 1. The number of rotatable bonds is 7. The van der Waals surface area contributed by atoms with Crippen LogP contribution in [0.25, 0.3) is 6.08 Å². The van der Waals surface area contributed by atoms with Crippen molar-refractivity contribution in [2.24, 2.45) is 0 Å². The Labute approximate surface area is 158 Å². The molecule has 27 heavy (non-hydrogen) atoms. The van der Waals surface area contributed by atoms with Crippen molar-refractivity contribution in [3.05, 3.63) is 70.6 Å². The predicted octanol–water partition coefficient (Wildman–Crippen LogP) is 4.95. The van der Waals surface area contributed by atoms with Crippen molar-refractivity contribution in [3.63, 3.8) is 0 Å². The summed E-state index contributed by atoms with van der Waals surface area (Å²) in [6.45, 7) is 3.89. The zero-order valence-electron chi connectivity index (χ0n) is 15.9. The van der Waals surface area contributed by atoms with E-state index >= 15 is 0 Å². The summed E-state index contributed by atoms with van der Waals surface area (Å²) in [5.41, 5.74) is 2.16. The zero-order chi connectivity index (χ0) is 20.0. The Morgan fingerprint density at radius 3 is 2.44 bits per heavy atom. The van der Waals surface area contributed by atoms with Crippen LogP contribution in [0.15, 0.2) is 48.1 Å². The van der Waals surface area contributed by atoms with Gasteiger partial charge in [0.1, 0.15) is 28.6 Å². The lowest BCUT2D eigenvalue weighted by atomic mass is 9.99. The van der Waals surface area contributed by atoms with Crippen molar-refractivity contribution < 1.29 is 23.8 Å². The minimum absolute atomic E-state index is 0.0445. The first-order valence-corrected chi connectivity index (χ1v) is 8.45. The van der Waals surface area contributed by atoms with Gasteiger partial charge in [0.05, 0.1) is 14.2 Å². The Bertz CT molecular complexity index is 893. The number of carbonyl (C=O) groups is 1. The van der Waals surface area contributed by atoms with E-state index in [0.717, 1.165) is 5.57 Å². The molecule has 0 atom stereocenters. The molecule has 0 spiro atoms. The third-order valence-electron chi connectivity index (χ3n) is 4.01. The minimum Gasteiger partial charge on any atom is -0.507 e. The molecular formula is C22H23FO4. The first kappa shape index (κ1) is 20.2. The molecule has 0 aliphatic heterocycles. The van der Waals surface area contributed by atoms with Gasteiger partial charge in [0.25, 0.3) is 0 Å². The van der Waals surface area contributed by atoms with E-state index in [9.17, 15) is 14.3 Å². The second kappa shape index (κ2) is 9.03. The number of ketones is 1. The van der Waals surface area contributed by atoms with E-state index in [1.165, 1.54) is 38.5 Å². The van der Waals surface area contributed by atoms with E-state index in [1.807, 2.05) is 19.9 Å². The Morgan fingerprint density at radius 1 is 1.15 bits per heavy atom. The van der Waals surface area contributed by atoms with Crippen LogP contribution in [0.5, 0.6) is 17.2 Å². The molecule has 0 aliphatic carbocycles. The van der Waals surface area contributed by atoms with Crippen LogP contribution in [0.1, 0.15) is 35.3 Å². The van der Waals surface area contributed by atoms with Gasteiger partial charge in [0.15, 0.2) is 5.78 Å². The van der Waals surface area contributed by atoms with Crippen LogP contribution >= 0.6 is 0 Å². The number of hydrogen-bond acceptors (Lipinski definition) is 4. The molecule has 0 saturated carbocycles. The summed E-state index contributed by atoms with van der Waals surface area (Å²) in [7, 11) is 2.91. The number of phenolic OH excluding ortho intramolecular Hbond substituents is 1. The van der Waals surface area contributed by atoms with Crippen molar-refractivity contribution in [3.8, 4) is 17.2 Å². The topological polar surface area (TPSA) is 55.8 Å². The molecule has 5 heteroatoms. The van der Waals surface area contributed by atoms with Crippen LogP contribution in [0, 0.1) is 5.82 Å². The van der Waals surface area contributed by atoms with Crippen molar-refractivity contribution in [1.29, 1.82) is 0 Å². The molecule has 0 heterocycles. The number of carbonyl (C=O) groups excluding carboxylic acids is 1. The fourth-order valence-electron chi connectivity index (χ4n) is 2.61. The monoisotopic (exact) mass is 370 g/mol. The molecule has 2 rings (SSSR count). The van der Waals surface area contributed by atoms with Gasteiger partial charge >= 0.3 is 0 Å². The summed E-state index contributed by atoms with van der Waals surface area (Å²) < 4.78 is 23.9. The maximum atomic E-state index is 13.3. The largest absolute Gasteiger partial charge is 0.507 e. The van der Waals surface area contributed by atoms with Crippen molar-refractivity contribution in [2.75, 3.05) is 14.2 Å². The highest BCUT2D eigenvalue weighted by molar-refractivity contribution is 6.11. The molecule has 4 nitrogen and oxygen atoms in total. The third kappa shape index (κ3) is 4.97. The van der Waals surface area contributed by atoms with E-state index in [-0.39, 0.29) is 17.1 Å². The number of benzene rings is 2. The van der Waals surface area contributed by atoms with Crippen LogP contribution in [0.4, 0.5) is 4.39 Å². The van der Waals surface area contributed by atoms with E-state index in [0.29, 0.717) is 23.3 Å². The van der Waals surface area contributed by atoms with Gasteiger partial charge in [0.2, 0.25) is 0 Å². The summed E-state index contributed by atoms with van der Waals surface area (Å²) in [4.78, 5) is 12.7. The van der Waals surface area contributed by atoms with Gasteiger partial charge in [-0.2, -0.15) is 0 Å². The lowest BCUT2D eigenvalue weighted by Crippen LogP contribution is -2.04. The Morgan fingerprint density at radius 2 is 1.85 bits per heavy atom. The number of halogens is 1. The quantitative estimate of drug-likeness (QED) is 0.425. The molecule has 0 unspecified atom stereocenters. The minimum atomic E-state index is -0.449. The molecule has 0 aromatic heterocycles. The van der Waals surface area contributed by atoms with Gasteiger partial charge in [-0.15, -0.1) is 0 Å². The average Bonchev–Trinajstić information content (AvgIpc) is 2.64. The highest BCUT2D eigenvalue weighted by Crippen LogP contribution is 2.39. The van der Waals surface area contributed by atoms with Crippen LogP contribution in [0.3, 0.4) is 0 Å². The summed E-state index contributed by atoms with van der Waals surface area (Å²) in [6.07, 6.45) is 5.12. The molecule has 0 saturated heterocycles. The second-order valence-corrected chi connectivity index (χ2v) is 6.22. The summed E-state index contributed by atoms with van der Waals surface area (Å²) in [6, 6.07) is 7.46. The Kier molecular flexibility index (Phi) is 6.77. The predicted molar refractivity (Wildman–Crippen MR) is 104 cm³/mol. The van der Waals surface area contributed by atoms with E-state index in [4.69, 9.17) is 9.47 Å². The number of aromatic hydroxyl groups is 1. The fraction of sp³-hybridized carbons (Fsp3) is 0.227. The maximum Gasteiger partial charge on any atom is 0.193 e. The van der Waals surface area contributed by atoms with Gasteiger partial charge < -0.3 is 14.6 Å². The fourth-order valence-corrected chi connectivity index (χ4v) is 2.61. The smallest absolute Gasteiger partial charge is 0.193 e. The standard InChI is InChI=1S/C22H23FO4/c1-14(2)8-10-17-19(26-3)13-20(27-4)21(22(17)25)18(24)11-9-15-6-5-7-16(23)12-15/h5-9,11-13,25H,10H2,1-4H3/b11-9+. The highest BCUT2D eigenvalue weighted by Gasteiger charge is 2.22. The van der Waals surface area contributed by atoms with Gasteiger partial charge in [0, 0.05) is 11.6 Å². The molecule has 0 fully saturated rings. The summed E-state index contributed by atoms with van der Waals surface area (Å²) in [5, 5.41) is 10.7. The van der Waals surface area contributed by atoms with Crippen molar-refractivity contribution in [1.82, 2.24) is 0 Å². The molecule has 0 amide bonds. The first-order valence-electron chi connectivity index (χ1n) is 8.45. The van der Waals surface area contributed by atoms with Gasteiger partial charge in [-0.25, -0.2) is 4.39 Å². The van der Waals surface area contributed by atoms with Crippen molar-refractivity contribution in [2.45, 2.75) is 20.3 Å². The average molecular weight is 370 g/mol. The molecule has 1 N–H and O–H groups in total. The maximum absolute atomic E-state index is 13.3. The molecule has 2 aromatic rings. The number of ether oxygens (including phenoxy) is 2. The molecular weight excluding hydrogens is 347 g/mol. The number of methoxy groups -OCH3 is 2. The lowest BCUT2D eigenvalue weighted by Gasteiger charge is -2.15. The SMILES string of the molecule is COc1cc(OC)c(C(=O)/C=C/c2cccc(F)c2)c(O)c1CC=C(C)C. The normalized spacial score (nSPS) is 10.7. The van der Waals surface area contributed by atoms with E-state index < -0.39 is 11.6 Å². The molecule has 0 bridgehead atoms. The Balaban J connectivity index is 2.48. The Hall–Kier alpha value is -3.08. The van der Waals surface area contributed by atoms with E-state index in [1.54, 1.807) is 18.2 Å². The summed E-state index contributed by atoms with van der Waals surface area (Å²) >= 11 is 0. The van der Waals surface area contributed by atoms with Gasteiger partial charge in [-0.1, -0.05) is 29.9 Å². The van der Waals surface area contributed by atoms with Gasteiger partial charge in [-0.05, 0) is 44.0 Å². The molecule has 0 aliphatic rings. The van der Waals surface area contributed by atoms with E-state index in [2.05, 4.69) is 0 Å².